The van der Waals surface area contributed by atoms with Crippen molar-refractivity contribution in [1.29, 1.82) is 0 Å². The molecule has 0 radical (unpaired) electrons. The first-order chi connectivity index (χ1) is 8.99. The summed E-state index contributed by atoms with van der Waals surface area (Å²) in [6.45, 7) is 0.365. The first-order valence-electron chi connectivity index (χ1n) is 5.82. The Morgan fingerprint density at radius 2 is 2.16 bits per heavy atom. The second-order valence-corrected chi connectivity index (χ2v) is 4.56. The lowest BCUT2D eigenvalue weighted by atomic mass is 9.97. The lowest BCUT2D eigenvalue weighted by molar-refractivity contribution is -0.137. The molecule has 0 aliphatic rings. The fraction of sp³-hybridized carbons (Fsp3) is 0.462. The second-order valence-electron chi connectivity index (χ2n) is 4.16. The fourth-order valence-electron chi connectivity index (χ4n) is 1.83. The summed E-state index contributed by atoms with van der Waals surface area (Å²) in [5.74, 6) is -0.328. The normalized spacial score (nSPS) is 12.2. The largest absolute Gasteiger partial charge is 0.495 e. The van der Waals surface area contributed by atoms with E-state index in [0.717, 1.165) is 11.1 Å². The van der Waals surface area contributed by atoms with Gasteiger partial charge in [-0.1, -0.05) is 11.6 Å². The molecule has 3 N–H and O–H groups in total. The highest BCUT2D eigenvalue weighted by atomic mass is 35.5. The van der Waals surface area contributed by atoms with Gasteiger partial charge in [-0.15, -0.1) is 0 Å². The third kappa shape index (κ3) is 4.38. The van der Waals surface area contributed by atoms with Gasteiger partial charge in [0.25, 0.3) is 0 Å². The summed E-state index contributed by atoms with van der Waals surface area (Å²) in [6.07, 6.45) is 0.353. The van der Waals surface area contributed by atoms with Crippen LogP contribution in [0.3, 0.4) is 0 Å². The average Bonchev–Trinajstić information content (AvgIpc) is 2.37. The van der Waals surface area contributed by atoms with E-state index in [1.165, 1.54) is 7.11 Å². The summed E-state index contributed by atoms with van der Waals surface area (Å²) >= 11 is 6.07. The van der Waals surface area contributed by atoms with Gasteiger partial charge in [0, 0.05) is 19.6 Å². The van der Waals surface area contributed by atoms with Crippen LogP contribution >= 0.6 is 11.6 Å². The first-order valence-corrected chi connectivity index (χ1v) is 6.20. The predicted molar refractivity (Wildman–Crippen MR) is 72.5 cm³/mol. The molecule has 0 spiro atoms. The number of benzene rings is 1. The molecule has 0 aliphatic carbocycles. The van der Waals surface area contributed by atoms with E-state index in [1.54, 1.807) is 19.2 Å². The third-order valence-corrected chi connectivity index (χ3v) is 3.08. The van der Waals surface area contributed by atoms with Crippen LogP contribution in [0.2, 0.25) is 5.02 Å². The molecular formula is C13H18ClNO4. The molecule has 5 nitrogen and oxygen atoms in total. The molecule has 1 atom stereocenters. The first kappa shape index (κ1) is 15.8. The van der Waals surface area contributed by atoms with Crippen molar-refractivity contribution in [3.63, 3.8) is 0 Å². The summed E-state index contributed by atoms with van der Waals surface area (Å²) in [5.41, 5.74) is 7.65. The molecule has 0 fully saturated rings. The molecule has 1 unspecified atom stereocenters. The van der Waals surface area contributed by atoms with Crippen LogP contribution in [0.25, 0.3) is 0 Å². The maximum absolute atomic E-state index is 10.6. The van der Waals surface area contributed by atoms with Crippen molar-refractivity contribution < 1.29 is 19.4 Å². The highest BCUT2D eigenvalue weighted by molar-refractivity contribution is 6.32. The number of carboxylic acid groups (broad SMARTS) is 1. The topological polar surface area (TPSA) is 81.8 Å². The van der Waals surface area contributed by atoms with E-state index >= 15 is 0 Å². The molecule has 6 heteroatoms. The fourth-order valence-corrected chi connectivity index (χ4v) is 2.08. The molecular weight excluding hydrogens is 270 g/mol. The van der Waals surface area contributed by atoms with Gasteiger partial charge in [-0.05, 0) is 29.7 Å². The van der Waals surface area contributed by atoms with Crippen molar-refractivity contribution in [2.45, 2.75) is 25.5 Å². The summed E-state index contributed by atoms with van der Waals surface area (Å²) in [5, 5.41) is 9.14. The Bertz CT molecular complexity index is 451. The average molecular weight is 288 g/mol. The van der Waals surface area contributed by atoms with Gasteiger partial charge in [0.05, 0.1) is 18.7 Å². The standard InChI is InChI=1S/C13H18ClNO4/c1-18-7-8-5-12(19-2)10(14)6-9(8)11(15)3-4-13(16)17/h5-6,11H,3-4,7,15H2,1-2H3,(H,16,17). The Morgan fingerprint density at radius 1 is 1.47 bits per heavy atom. The van der Waals surface area contributed by atoms with Crippen LogP contribution in [-0.4, -0.2) is 25.3 Å². The summed E-state index contributed by atoms with van der Waals surface area (Å²) < 4.78 is 10.3. The molecule has 106 valence electrons. The lowest BCUT2D eigenvalue weighted by Gasteiger charge is -2.17. The summed E-state index contributed by atoms with van der Waals surface area (Å²) in [7, 11) is 3.11. The number of halogens is 1. The van der Waals surface area contributed by atoms with Gasteiger partial charge in [-0.3, -0.25) is 4.79 Å². The van der Waals surface area contributed by atoms with Gasteiger partial charge in [-0.25, -0.2) is 0 Å². The number of nitrogens with two attached hydrogens (primary N) is 1. The zero-order chi connectivity index (χ0) is 14.4. The molecule has 0 amide bonds. The minimum atomic E-state index is -0.872. The van der Waals surface area contributed by atoms with E-state index in [2.05, 4.69) is 0 Å². The maximum Gasteiger partial charge on any atom is 0.303 e. The van der Waals surface area contributed by atoms with Gasteiger partial charge in [0.15, 0.2) is 0 Å². The highest BCUT2D eigenvalue weighted by Gasteiger charge is 2.16. The van der Waals surface area contributed by atoms with E-state index in [0.29, 0.717) is 23.8 Å². The third-order valence-electron chi connectivity index (χ3n) is 2.78. The molecule has 0 aliphatic heterocycles. The molecule has 0 saturated heterocycles. The Kier molecular flexibility index (Phi) is 6.08. The van der Waals surface area contributed by atoms with Crippen LogP contribution in [-0.2, 0) is 16.1 Å². The van der Waals surface area contributed by atoms with E-state index in [1.807, 2.05) is 0 Å². The Balaban J connectivity index is 3.02. The molecule has 0 heterocycles. The van der Waals surface area contributed by atoms with Crippen LogP contribution in [0.4, 0.5) is 0 Å². The minimum Gasteiger partial charge on any atom is -0.495 e. The van der Waals surface area contributed by atoms with Gasteiger partial charge in [0.2, 0.25) is 0 Å². The van der Waals surface area contributed by atoms with Crippen molar-refractivity contribution in [3.05, 3.63) is 28.3 Å². The Labute approximate surface area is 117 Å². The minimum absolute atomic E-state index is 0.0111. The van der Waals surface area contributed by atoms with Gasteiger partial charge in [0.1, 0.15) is 5.75 Å². The Hall–Kier alpha value is -1.30. The quantitative estimate of drug-likeness (QED) is 0.804. The van der Waals surface area contributed by atoms with E-state index in [4.69, 9.17) is 31.9 Å². The summed E-state index contributed by atoms with van der Waals surface area (Å²) in [4.78, 5) is 10.6. The van der Waals surface area contributed by atoms with Crippen molar-refractivity contribution in [3.8, 4) is 5.75 Å². The van der Waals surface area contributed by atoms with Crippen LogP contribution in [0.5, 0.6) is 5.75 Å². The number of rotatable bonds is 7. The number of hydrogen-bond acceptors (Lipinski definition) is 4. The zero-order valence-corrected chi connectivity index (χ0v) is 11.7. The van der Waals surface area contributed by atoms with Crippen LogP contribution in [0.15, 0.2) is 12.1 Å². The van der Waals surface area contributed by atoms with E-state index in [-0.39, 0.29) is 6.42 Å². The number of hydrogen-bond donors (Lipinski definition) is 2. The number of ether oxygens (including phenoxy) is 2. The molecule has 1 aromatic carbocycles. The number of methoxy groups -OCH3 is 2. The smallest absolute Gasteiger partial charge is 0.303 e. The molecule has 0 aromatic heterocycles. The van der Waals surface area contributed by atoms with Gasteiger partial charge >= 0.3 is 5.97 Å². The second kappa shape index (κ2) is 7.33. The van der Waals surface area contributed by atoms with Crippen LogP contribution < -0.4 is 10.5 Å². The molecule has 0 saturated carbocycles. The zero-order valence-electron chi connectivity index (χ0n) is 11.0. The maximum atomic E-state index is 10.6. The van der Waals surface area contributed by atoms with Crippen molar-refractivity contribution in [2.24, 2.45) is 5.73 Å². The van der Waals surface area contributed by atoms with Crippen molar-refractivity contribution >= 4 is 17.6 Å². The van der Waals surface area contributed by atoms with Gasteiger partial charge in [-0.2, -0.15) is 0 Å². The van der Waals surface area contributed by atoms with Gasteiger partial charge < -0.3 is 20.3 Å². The number of carboxylic acids is 1. The number of carbonyl (C=O) groups is 1. The lowest BCUT2D eigenvalue weighted by Crippen LogP contribution is -2.15. The Morgan fingerprint density at radius 3 is 2.68 bits per heavy atom. The molecule has 1 rings (SSSR count). The van der Waals surface area contributed by atoms with Crippen molar-refractivity contribution in [1.82, 2.24) is 0 Å². The molecule has 1 aromatic rings. The van der Waals surface area contributed by atoms with Crippen LogP contribution in [0, 0.1) is 0 Å². The SMILES string of the molecule is COCc1cc(OC)c(Cl)cc1C(N)CCC(=O)O. The predicted octanol–water partition coefficient (Wildman–Crippen LogP) is 2.36. The summed E-state index contributed by atoms with van der Waals surface area (Å²) in [6, 6.07) is 3.08. The molecule has 0 bridgehead atoms. The van der Waals surface area contributed by atoms with E-state index in [9.17, 15) is 4.79 Å². The highest BCUT2D eigenvalue weighted by Crippen LogP contribution is 2.32. The number of aliphatic carboxylic acids is 1. The van der Waals surface area contributed by atoms with Crippen LogP contribution in [0.1, 0.15) is 30.0 Å². The van der Waals surface area contributed by atoms with Crippen molar-refractivity contribution in [2.75, 3.05) is 14.2 Å². The monoisotopic (exact) mass is 287 g/mol. The molecule has 19 heavy (non-hydrogen) atoms. The van der Waals surface area contributed by atoms with E-state index < -0.39 is 12.0 Å².